The number of hydrogen-bond acceptors (Lipinski definition) is 1. The zero-order chi connectivity index (χ0) is 8.91. The van der Waals surface area contributed by atoms with Crippen LogP contribution < -0.4 is 10.6 Å². The topological polar surface area (TPSA) is 41.1 Å². The number of hydrogen-bond donors (Lipinski definition) is 2. The zero-order valence-corrected chi connectivity index (χ0v) is 7.41. The molecule has 62 valence electrons. The Balaban J connectivity index is 3.83. The molecule has 0 aromatic rings. The van der Waals surface area contributed by atoms with Crippen LogP contribution in [-0.4, -0.2) is 13.1 Å². The van der Waals surface area contributed by atoms with Crippen molar-refractivity contribution in [3.63, 3.8) is 0 Å². The standard InChI is InChI=1S/C8H14N2O/c1-8(2,3)5-6-10-7(11)9-4/h1-4H3,(H2,9,10,11). The van der Waals surface area contributed by atoms with Crippen molar-refractivity contribution in [2.75, 3.05) is 7.05 Å². The minimum absolute atomic E-state index is 0.0684. The summed E-state index contributed by atoms with van der Waals surface area (Å²) in [4.78, 5) is 10.6. The molecule has 3 nitrogen and oxygen atoms in total. The molecule has 0 aromatic carbocycles. The fourth-order valence-corrected chi connectivity index (χ4v) is 0.338. The summed E-state index contributed by atoms with van der Waals surface area (Å²) in [6, 6.07) is 2.29. The highest BCUT2D eigenvalue weighted by Gasteiger charge is 2.03. The Kier molecular flexibility index (Phi) is 3.46. The molecule has 0 fully saturated rings. The van der Waals surface area contributed by atoms with Crippen LogP contribution in [0.4, 0.5) is 4.79 Å². The summed E-state index contributed by atoms with van der Waals surface area (Å²) in [7, 11) is 1.55. The summed E-state index contributed by atoms with van der Waals surface area (Å²) in [5, 5.41) is 4.78. The van der Waals surface area contributed by atoms with Crippen LogP contribution in [-0.2, 0) is 0 Å². The molecule has 3 heteroatoms. The van der Waals surface area contributed by atoms with Crippen LogP contribution in [0.1, 0.15) is 20.8 Å². The van der Waals surface area contributed by atoms with E-state index in [1.54, 1.807) is 7.05 Å². The van der Waals surface area contributed by atoms with Crippen molar-refractivity contribution in [1.29, 1.82) is 0 Å². The first-order chi connectivity index (χ1) is 4.95. The molecule has 11 heavy (non-hydrogen) atoms. The van der Waals surface area contributed by atoms with Crippen molar-refractivity contribution in [3.8, 4) is 12.0 Å². The molecule has 0 spiro atoms. The molecule has 0 radical (unpaired) electrons. The van der Waals surface area contributed by atoms with Gasteiger partial charge in [0.25, 0.3) is 0 Å². The number of nitrogens with one attached hydrogen (secondary N) is 2. The van der Waals surface area contributed by atoms with Crippen molar-refractivity contribution in [2.24, 2.45) is 5.41 Å². The summed E-state index contributed by atoms with van der Waals surface area (Å²) < 4.78 is 0. The number of urea groups is 1. The molecule has 0 aliphatic heterocycles. The molecule has 0 heterocycles. The first-order valence-corrected chi connectivity index (χ1v) is 3.45. The van der Waals surface area contributed by atoms with Crippen LogP contribution in [0.5, 0.6) is 0 Å². The molecule has 2 N–H and O–H groups in total. The molecular weight excluding hydrogens is 140 g/mol. The Bertz CT molecular complexity index is 192. The van der Waals surface area contributed by atoms with Crippen molar-refractivity contribution in [2.45, 2.75) is 20.8 Å². The summed E-state index contributed by atoms with van der Waals surface area (Å²) in [5.74, 6) is 2.87. The van der Waals surface area contributed by atoms with Crippen LogP contribution in [0.3, 0.4) is 0 Å². The van der Waals surface area contributed by atoms with Gasteiger partial charge < -0.3 is 5.32 Å². The van der Waals surface area contributed by atoms with E-state index in [0.29, 0.717) is 0 Å². The molecule has 0 saturated heterocycles. The highest BCUT2D eigenvalue weighted by atomic mass is 16.2. The fourth-order valence-electron chi connectivity index (χ4n) is 0.338. The maximum atomic E-state index is 10.6. The number of amides is 2. The van der Waals surface area contributed by atoms with Crippen molar-refractivity contribution < 1.29 is 4.79 Å². The minimum atomic E-state index is -0.276. The monoisotopic (exact) mass is 154 g/mol. The van der Waals surface area contributed by atoms with Gasteiger partial charge in [0.15, 0.2) is 0 Å². The quantitative estimate of drug-likeness (QED) is 0.395. The molecule has 0 aliphatic rings. The predicted octanol–water partition coefficient (Wildman–Crippen LogP) is 0.922. The van der Waals surface area contributed by atoms with Crippen LogP contribution in [0.2, 0.25) is 0 Å². The summed E-state index contributed by atoms with van der Waals surface area (Å²) >= 11 is 0. The third kappa shape index (κ3) is 6.72. The lowest BCUT2D eigenvalue weighted by atomic mass is 9.99. The Morgan fingerprint density at radius 2 is 1.91 bits per heavy atom. The van der Waals surface area contributed by atoms with Gasteiger partial charge in [-0.2, -0.15) is 0 Å². The maximum absolute atomic E-state index is 10.6. The van der Waals surface area contributed by atoms with Gasteiger partial charge in [-0.05, 0) is 20.8 Å². The van der Waals surface area contributed by atoms with E-state index in [9.17, 15) is 4.79 Å². The number of carbonyl (C=O) groups is 1. The van der Waals surface area contributed by atoms with Crippen molar-refractivity contribution in [3.05, 3.63) is 0 Å². The van der Waals surface area contributed by atoms with E-state index in [2.05, 4.69) is 22.6 Å². The Morgan fingerprint density at radius 3 is 2.27 bits per heavy atom. The molecule has 0 unspecified atom stereocenters. The van der Waals surface area contributed by atoms with E-state index in [4.69, 9.17) is 0 Å². The smallest absolute Gasteiger partial charge is 0.326 e. The largest absolute Gasteiger partial charge is 0.340 e. The summed E-state index contributed by atoms with van der Waals surface area (Å²) in [6.07, 6.45) is 0. The fraction of sp³-hybridized carbons (Fsp3) is 0.625. The first kappa shape index (κ1) is 9.83. The highest BCUT2D eigenvalue weighted by Crippen LogP contribution is 2.08. The first-order valence-electron chi connectivity index (χ1n) is 3.45. The lowest BCUT2D eigenvalue weighted by molar-refractivity contribution is 0.246. The highest BCUT2D eigenvalue weighted by molar-refractivity contribution is 5.75. The van der Waals surface area contributed by atoms with Gasteiger partial charge in [0.05, 0.1) is 0 Å². The minimum Gasteiger partial charge on any atom is -0.340 e. The van der Waals surface area contributed by atoms with Gasteiger partial charge in [0.2, 0.25) is 0 Å². The molecule has 0 saturated carbocycles. The maximum Gasteiger partial charge on any atom is 0.326 e. The van der Waals surface area contributed by atoms with Crippen molar-refractivity contribution in [1.82, 2.24) is 10.6 Å². The normalized spacial score (nSPS) is 9.45. The molecule has 0 aromatic heterocycles. The molecule has 0 bridgehead atoms. The number of carbonyl (C=O) groups excluding carboxylic acids is 1. The molecular formula is C8H14N2O. The second kappa shape index (κ2) is 3.87. The molecule has 0 aliphatic carbocycles. The predicted molar refractivity (Wildman–Crippen MR) is 44.8 cm³/mol. The van der Waals surface area contributed by atoms with E-state index < -0.39 is 0 Å². The van der Waals surface area contributed by atoms with E-state index in [0.717, 1.165) is 0 Å². The van der Waals surface area contributed by atoms with Crippen LogP contribution in [0.25, 0.3) is 0 Å². The van der Waals surface area contributed by atoms with E-state index in [1.165, 1.54) is 0 Å². The van der Waals surface area contributed by atoms with Crippen LogP contribution in [0.15, 0.2) is 0 Å². The Labute approximate surface area is 67.6 Å². The van der Waals surface area contributed by atoms with Gasteiger partial charge in [-0.3, -0.25) is 5.32 Å². The van der Waals surface area contributed by atoms with Crippen LogP contribution in [0, 0.1) is 17.4 Å². The lowest BCUT2D eigenvalue weighted by Crippen LogP contribution is -2.29. The molecule has 2 amide bonds. The van der Waals surface area contributed by atoms with Crippen molar-refractivity contribution >= 4 is 6.03 Å². The SMILES string of the molecule is CNC(=O)NC#CC(C)(C)C. The van der Waals surface area contributed by atoms with Gasteiger partial charge in [0, 0.05) is 18.5 Å². The summed E-state index contributed by atoms with van der Waals surface area (Å²) in [5.41, 5.74) is -0.0684. The Morgan fingerprint density at radius 1 is 1.36 bits per heavy atom. The van der Waals surface area contributed by atoms with E-state index >= 15 is 0 Å². The second-order valence-electron chi connectivity index (χ2n) is 3.20. The molecule has 0 rings (SSSR count). The summed E-state index contributed by atoms with van der Waals surface area (Å²) in [6.45, 7) is 5.93. The van der Waals surface area contributed by atoms with Gasteiger partial charge in [-0.15, -0.1) is 0 Å². The van der Waals surface area contributed by atoms with Gasteiger partial charge >= 0.3 is 6.03 Å². The third-order valence-electron chi connectivity index (χ3n) is 0.841. The van der Waals surface area contributed by atoms with Gasteiger partial charge in [-0.25, -0.2) is 4.79 Å². The third-order valence-corrected chi connectivity index (χ3v) is 0.841. The lowest BCUT2D eigenvalue weighted by Gasteiger charge is -2.06. The zero-order valence-electron chi connectivity index (χ0n) is 7.41. The van der Waals surface area contributed by atoms with Gasteiger partial charge in [-0.1, -0.05) is 5.92 Å². The van der Waals surface area contributed by atoms with E-state index in [-0.39, 0.29) is 11.4 Å². The molecule has 0 atom stereocenters. The van der Waals surface area contributed by atoms with Crippen LogP contribution >= 0.6 is 0 Å². The Hall–Kier alpha value is -1.17. The van der Waals surface area contributed by atoms with E-state index in [1.807, 2.05) is 20.8 Å². The van der Waals surface area contributed by atoms with Gasteiger partial charge in [0.1, 0.15) is 0 Å². The average Bonchev–Trinajstić information content (AvgIpc) is 1.85. The number of rotatable bonds is 0. The second-order valence-corrected chi connectivity index (χ2v) is 3.20. The average molecular weight is 154 g/mol.